The first kappa shape index (κ1) is 12.5. The van der Waals surface area contributed by atoms with Crippen LogP contribution in [-0.2, 0) is 6.54 Å². The van der Waals surface area contributed by atoms with Crippen molar-refractivity contribution >= 4 is 0 Å². The van der Waals surface area contributed by atoms with Gasteiger partial charge in [-0.2, -0.15) is 0 Å². The van der Waals surface area contributed by atoms with Gasteiger partial charge in [0.2, 0.25) is 0 Å². The summed E-state index contributed by atoms with van der Waals surface area (Å²) in [6.45, 7) is 5.33. The molecular weight excluding hydrogens is 214 g/mol. The molecule has 0 saturated carbocycles. The Kier molecular flexibility index (Phi) is 4.10. The van der Waals surface area contributed by atoms with Crippen LogP contribution >= 0.6 is 0 Å². The van der Waals surface area contributed by atoms with Gasteiger partial charge in [-0.1, -0.05) is 0 Å². The number of aliphatic hydroxyl groups excluding tert-OH is 1. The van der Waals surface area contributed by atoms with E-state index in [9.17, 15) is 5.11 Å². The maximum Gasteiger partial charge on any atom is 0.0599 e. The molecule has 0 aromatic carbocycles. The van der Waals surface area contributed by atoms with Gasteiger partial charge in [0.05, 0.1) is 6.61 Å². The molecule has 17 heavy (non-hydrogen) atoms. The van der Waals surface area contributed by atoms with Gasteiger partial charge in [-0.3, -0.25) is 9.88 Å². The van der Waals surface area contributed by atoms with Gasteiger partial charge >= 0.3 is 0 Å². The smallest absolute Gasteiger partial charge is 0.0599 e. The molecule has 0 bridgehead atoms. The van der Waals surface area contributed by atoms with E-state index in [0.29, 0.717) is 6.04 Å². The summed E-state index contributed by atoms with van der Waals surface area (Å²) in [5, 5.41) is 9.49. The van der Waals surface area contributed by atoms with E-state index in [1.54, 1.807) is 0 Å². The number of piperazine rings is 1. The van der Waals surface area contributed by atoms with Gasteiger partial charge in [-0.05, 0) is 31.7 Å². The van der Waals surface area contributed by atoms with E-state index in [4.69, 9.17) is 0 Å². The Morgan fingerprint density at radius 1 is 1.35 bits per heavy atom. The topological polar surface area (TPSA) is 39.6 Å². The predicted molar refractivity (Wildman–Crippen MR) is 67.6 cm³/mol. The highest BCUT2D eigenvalue weighted by Crippen LogP contribution is 2.17. The zero-order chi connectivity index (χ0) is 12.3. The van der Waals surface area contributed by atoms with Crippen LogP contribution < -0.4 is 0 Å². The lowest BCUT2D eigenvalue weighted by Gasteiger charge is -2.44. The van der Waals surface area contributed by atoms with E-state index >= 15 is 0 Å². The maximum absolute atomic E-state index is 9.49. The number of likely N-dealkylation sites (N-methyl/N-ethyl adjacent to an activating group) is 1. The number of aromatic nitrogens is 1. The first-order chi connectivity index (χ1) is 8.20. The fourth-order valence-corrected chi connectivity index (χ4v) is 2.60. The molecule has 0 amide bonds. The molecule has 94 valence electrons. The van der Waals surface area contributed by atoms with Crippen molar-refractivity contribution in [2.24, 2.45) is 0 Å². The average Bonchev–Trinajstić information content (AvgIpc) is 2.33. The Hall–Kier alpha value is -0.970. The molecular formula is C13H21N3O. The molecule has 2 heterocycles. The van der Waals surface area contributed by atoms with Crippen LogP contribution in [-0.4, -0.2) is 58.7 Å². The van der Waals surface area contributed by atoms with Crippen LogP contribution in [0.25, 0.3) is 0 Å². The predicted octanol–water partition coefficient (Wildman–Crippen LogP) is 0.578. The molecule has 4 heteroatoms. The second kappa shape index (κ2) is 5.58. The van der Waals surface area contributed by atoms with Crippen molar-refractivity contribution in [2.75, 3.05) is 26.7 Å². The van der Waals surface area contributed by atoms with Crippen molar-refractivity contribution in [3.8, 4) is 0 Å². The summed E-state index contributed by atoms with van der Waals surface area (Å²) in [7, 11) is 2.11. The average molecular weight is 235 g/mol. The van der Waals surface area contributed by atoms with Gasteiger partial charge in [0.1, 0.15) is 0 Å². The highest BCUT2D eigenvalue weighted by Gasteiger charge is 2.29. The maximum atomic E-state index is 9.49. The summed E-state index contributed by atoms with van der Waals surface area (Å²) in [6.07, 6.45) is 3.65. The van der Waals surface area contributed by atoms with Crippen molar-refractivity contribution in [1.29, 1.82) is 0 Å². The van der Waals surface area contributed by atoms with Crippen molar-refractivity contribution in [1.82, 2.24) is 14.8 Å². The molecule has 1 N–H and O–H groups in total. The van der Waals surface area contributed by atoms with Crippen molar-refractivity contribution < 1.29 is 5.11 Å². The lowest BCUT2D eigenvalue weighted by atomic mass is 10.1. The fraction of sp³-hybridized carbons (Fsp3) is 0.615. The minimum Gasteiger partial charge on any atom is -0.395 e. The molecule has 1 aliphatic heterocycles. The molecule has 4 nitrogen and oxygen atoms in total. The van der Waals surface area contributed by atoms with Crippen molar-refractivity contribution in [3.05, 3.63) is 30.1 Å². The van der Waals surface area contributed by atoms with Crippen LogP contribution in [0.15, 0.2) is 24.5 Å². The molecule has 0 aliphatic carbocycles. The van der Waals surface area contributed by atoms with E-state index in [0.717, 1.165) is 19.6 Å². The molecule has 1 fully saturated rings. The van der Waals surface area contributed by atoms with E-state index in [-0.39, 0.29) is 12.6 Å². The first-order valence-corrected chi connectivity index (χ1v) is 6.14. The highest BCUT2D eigenvalue weighted by molar-refractivity contribution is 5.10. The SMILES string of the molecule is CC1CN(C)CC(CO)N1Cc1ccncc1. The number of hydrogen-bond donors (Lipinski definition) is 1. The second-order valence-corrected chi connectivity index (χ2v) is 4.93. The molecule has 0 spiro atoms. The molecule has 0 radical (unpaired) electrons. The molecule has 1 aromatic rings. The van der Waals surface area contributed by atoms with E-state index in [1.165, 1.54) is 5.56 Å². The Balaban J connectivity index is 2.07. The number of nitrogens with zero attached hydrogens (tertiary/aromatic N) is 3. The zero-order valence-electron chi connectivity index (χ0n) is 10.6. The van der Waals surface area contributed by atoms with E-state index in [1.807, 2.05) is 24.5 Å². The fourth-order valence-electron chi connectivity index (χ4n) is 2.60. The van der Waals surface area contributed by atoms with Gasteiger partial charge in [0.15, 0.2) is 0 Å². The Morgan fingerprint density at radius 3 is 2.71 bits per heavy atom. The van der Waals surface area contributed by atoms with Crippen LogP contribution in [0.3, 0.4) is 0 Å². The Morgan fingerprint density at radius 2 is 2.06 bits per heavy atom. The Labute approximate surface area is 103 Å². The lowest BCUT2D eigenvalue weighted by Crippen LogP contribution is -2.57. The number of pyridine rings is 1. The number of aliphatic hydroxyl groups is 1. The third-order valence-corrected chi connectivity index (χ3v) is 3.46. The van der Waals surface area contributed by atoms with Crippen LogP contribution in [0.5, 0.6) is 0 Å². The molecule has 2 atom stereocenters. The molecule has 1 aliphatic rings. The standard InChI is InChI=1S/C13H21N3O/c1-11-7-15(2)9-13(10-17)16(11)8-12-3-5-14-6-4-12/h3-6,11,13,17H,7-10H2,1-2H3. The summed E-state index contributed by atoms with van der Waals surface area (Å²) in [4.78, 5) is 8.70. The van der Waals surface area contributed by atoms with Crippen LogP contribution in [0, 0.1) is 0 Å². The molecule has 1 aromatic heterocycles. The minimum atomic E-state index is 0.222. The molecule has 2 unspecified atom stereocenters. The molecule has 2 rings (SSSR count). The normalized spacial score (nSPS) is 27.2. The molecule has 1 saturated heterocycles. The minimum absolute atomic E-state index is 0.222. The monoisotopic (exact) mass is 235 g/mol. The first-order valence-electron chi connectivity index (χ1n) is 6.14. The summed E-state index contributed by atoms with van der Waals surface area (Å²) >= 11 is 0. The third-order valence-electron chi connectivity index (χ3n) is 3.46. The van der Waals surface area contributed by atoms with E-state index < -0.39 is 0 Å². The largest absolute Gasteiger partial charge is 0.395 e. The summed E-state index contributed by atoms with van der Waals surface area (Å²) in [6, 6.07) is 4.79. The van der Waals surface area contributed by atoms with E-state index in [2.05, 4.69) is 28.8 Å². The number of rotatable bonds is 3. The van der Waals surface area contributed by atoms with Crippen molar-refractivity contribution in [3.63, 3.8) is 0 Å². The Bertz CT molecular complexity index is 344. The van der Waals surface area contributed by atoms with Gasteiger partial charge in [-0.25, -0.2) is 0 Å². The number of hydrogen-bond acceptors (Lipinski definition) is 4. The van der Waals surface area contributed by atoms with Crippen molar-refractivity contribution in [2.45, 2.75) is 25.6 Å². The van der Waals surface area contributed by atoms with Gasteiger partial charge in [-0.15, -0.1) is 0 Å². The summed E-state index contributed by atoms with van der Waals surface area (Å²) in [5.41, 5.74) is 1.26. The van der Waals surface area contributed by atoms with Gasteiger partial charge < -0.3 is 10.0 Å². The van der Waals surface area contributed by atoms with Gasteiger partial charge in [0.25, 0.3) is 0 Å². The lowest BCUT2D eigenvalue weighted by molar-refractivity contribution is 0.00854. The van der Waals surface area contributed by atoms with Crippen LogP contribution in [0.4, 0.5) is 0 Å². The van der Waals surface area contributed by atoms with Crippen LogP contribution in [0.2, 0.25) is 0 Å². The summed E-state index contributed by atoms with van der Waals surface area (Å²) in [5.74, 6) is 0. The highest BCUT2D eigenvalue weighted by atomic mass is 16.3. The second-order valence-electron chi connectivity index (χ2n) is 4.93. The third kappa shape index (κ3) is 3.03. The van der Waals surface area contributed by atoms with Gasteiger partial charge in [0, 0.05) is 44.1 Å². The van der Waals surface area contributed by atoms with Crippen LogP contribution in [0.1, 0.15) is 12.5 Å². The zero-order valence-corrected chi connectivity index (χ0v) is 10.6. The quantitative estimate of drug-likeness (QED) is 0.832. The summed E-state index contributed by atoms with van der Waals surface area (Å²) < 4.78 is 0.